The molecule has 0 aromatic carbocycles. The third-order valence-corrected chi connectivity index (χ3v) is 3.69. The Kier molecular flexibility index (Phi) is 3.06. The Morgan fingerprint density at radius 2 is 2.16 bits per heavy atom. The Bertz CT molecular complexity index is 645. The number of pyridine rings is 1. The van der Waals surface area contributed by atoms with Gasteiger partial charge in [0.15, 0.2) is 5.82 Å². The van der Waals surface area contributed by atoms with Gasteiger partial charge in [-0.05, 0) is 49.8 Å². The van der Waals surface area contributed by atoms with Crippen LogP contribution >= 0.6 is 12.2 Å². The number of nitrogens with two attached hydrogens (primary N) is 1. The Morgan fingerprint density at radius 1 is 1.37 bits per heavy atom. The van der Waals surface area contributed by atoms with Crippen molar-refractivity contribution < 1.29 is 0 Å². The largest absolute Gasteiger partial charge is 0.389 e. The fraction of sp³-hybridized carbons (Fsp3) is 0.357. The fourth-order valence-corrected chi connectivity index (χ4v) is 2.66. The van der Waals surface area contributed by atoms with E-state index in [0.29, 0.717) is 4.99 Å². The maximum Gasteiger partial charge on any atom is 0.163 e. The van der Waals surface area contributed by atoms with E-state index in [-0.39, 0.29) is 0 Å². The highest BCUT2D eigenvalue weighted by Gasteiger charge is 2.17. The van der Waals surface area contributed by atoms with Crippen molar-refractivity contribution in [1.82, 2.24) is 14.8 Å². The van der Waals surface area contributed by atoms with Gasteiger partial charge in [0, 0.05) is 11.9 Å². The van der Waals surface area contributed by atoms with Crippen molar-refractivity contribution in [3.63, 3.8) is 0 Å². The molecule has 0 spiro atoms. The fourth-order valence-electron chi connectivity index (χ4n) is 2.51. The summed E-state index contributed by atoms with van der Waals surface area (Å²) >= 11 is 5.16. The van der Waals surface area contributed by atoms with Crippen LogP contribution in [0.4, 0.5) is 0 Å². The quantitative estimate of drug-likeness (QED) is 0.851. The molecule has 1 aliphatic carbocycles. The molecule has 3 rings (SSSR count). The van der Waals surface area contributed by atoms with Gasteiger partial charge in [0.2, 0.25) is 0 Å². The van der Waals surface area contributed by atoms with E-state index in [0.717, 1.165) is 35.5 Å². The molecule has 0 atom stereocenters. The summed E-state index contributed by atoms with van der Waals surface area (Å²) in [5.41, 5.74) is 10.2. The van der Waals surface area contributed by atoms with Crippen LogP contribution in [0.15, 0.2) is 18.5 Å². The number of fused-ring (bicyclic) bond motifs is 1. The van der Waals surface area contributed by atoms with Crippen LogP contribution in [0.25, 0.3) is 5.82 Å². The molecule has 0 saturated carbocycles. The molecule has 2 aromatic heterocycles. The average molecular weight is 272 g/mol. The first kappa shape index (κ1) is 12.3. The zero-order valence-electron chi connectivity index (χ0n) is 10.9. The topological polar surface area (TPSA) is 56.7 Å². The second-order valence-corrected chi connectivity index (χ2v) is 5.44. The predicted molar refractivity (Wildman–Crippen MR) is 78.6 cm³/mol. The molecule has 0 saturated heterocycles. The summed E-state index contributed by atoms with van der Waals surface area (Å²) < 4.78 is 1.76. The summed E-state index contributed by atoms with van der Waals surface area (Å²) in [6.45, 7) is 2.00. The second kappa shape index (κ2) is 4.74. The zero-order valence-corrected chi connectivity index (χ0v) is 11.7. The van der Waals surface area contributed by atoms with E-state index in [9.17, 15) is 0 Å². The molecule has 0 fully saturated rings. The summed E-state index contributed by atoms with van der Waals surface area (Å²) in [6, 6.07) is 2.09. The summed E-state index contributed by atoms with van der Waals surface area (Å²) in [6.07, 6.45) is 8.26. The monoisotopic (exact) mass is 272 g/mol. The summed E-state index contributed by atoms with van der Waals surface area (Å²) in [5.74, 6) is 0.751. The van der Waals surface area contributed by atoms with Crippen molar-refractivity contribution in [3.05, 3.63) is 40.8 Å². The molecule has 2 N–H and O–H groups in total. The summed E-state index contributed by atoms with van der Waals surface area (Å²) in [5, 5.41) is 4.32. The lowest BCUT2D eigenvalue weighted by Crippen LogP contribution is -2.18. The van der Waals surface area contributed by atoms with E-state index in [1.54, 1.807) is 4.68 Å². The third-order valence-electron chi connectivity index (χ3n) is 3.47. The average Bonchev–Trinajstić information content (AvgIpc) is 2.83. The molecule has 1 aliphatic rings. The smallest absolute Gasteiger partial charge is 0.163 e. The van der Waals surface area contributed by atoms with Crippen LogP contribution in [0.5, 0.6) is 0 Å². The minimum Gasteiger partial charge on any atom is -0.389 e. The minimum atomic E-state index is 0.379. The molecule has 19 heavy (non-hydrogen) atoms. The zero-order chi connectivity index (χ0) is 13.4. The van der Waals surface area contributed by atoms with Crippen molar-refractivity contribution in [2.45, 2.75) is 32.6 Å². The van der Waals surface area contributed by atoms with Crippen molar-refractivity contribution in [2.75, 3.05) is 0 Å². The first-order valence-electron chi connectivity index (χ1n) is 6.49. The van der Waals surface area contributed by atoms with Gasteiger partial charge in [0.05, 0.1) is 11.8 Å². The maximum atomic E-state index is 5.84. The van der Waals surface area contributed by atoms with Crippen LogP contribution in [-0.4, -0.2) is 19.8 Å². The van der Waals surface area contributed by atoms with Gasteiger partial charge in [-0.1, -0.05) is 12.2 Å². The summed E-state index contributed by atoms with van der Waals surface area (Å²) in [4.78, 5) is 5.13. The van der Waals surface area contributed by atoms with Gasteiger partial charge in [-0.2, -0.15) is 5.10 Å². The van der Waals surface area contributed by atoms with E-state index in [2.05, 4.69) is 11.2 Å². The van der Waals surface area contributed by atoms with E-state index in [1.807, 2.05) is 19.3 Å². The molecule has 0 unspecified atom stereocenters. The van der Waals surface area contributed by atoms with E-state index in [1.165, 1.54) is 18.4 Å². The highest BCUT2D eigenvalue weighted by Crippen LogP contribution is 2.24. The van der Waals surface area contributed by atoms with Crippen LogP contribution in [0.2, 0.25) is 0 Å². The van der Waals surface area contributed by atoms with Crippen molar-refractivity contribution in [2.24, 2.45) is 5.73 Å². The van der Waals surface area contributed by atoms with Gasteiger partial charge in [-0.3, -0.25) is 0 Å². The molecule has 2 heterocycles. The second-order valence-electron chi connectivity index (χ2n) is 5.00. The van der Waals surface area contributed by atoms with Gasteiger partial charge in [0.1, 0.15) is 4.99 Å². The van der Waals surface area contributed by atoms with Crippen LogP contribution in [0.1, 0.15) is 35.2 Å². The number of hydrogen-bond acceptors (Lipinski definition) is 3. The molecule has 0 bridgehead atoms. The molecule has 0 radical (unpaired) electrons. The third kappa shape index (κ3) is 2.26. The minimum absolute atomic E-state index is 0.379. The Balaban J connectivity index is 2.18. The standard InChI is InChI=1S/C14H16N4S/c1-9-7-16-18(8-9)14-11(13(15)19)6-10-4-2-3-5-12(10)17-14/h6-8H,2-5H2,1H3,(H2,15,19). The normalized spacial score (nSPS) is 14.2. The van der Waals surface area contributed by atoms with E-state index in [4.69, 9.17) is 22.9 Å². The van der Waals surface area contributed by atoms with Crippen LogP contribution in [-0.2, 0) is 12.8 Å². The van der Waals surface area contributed by atoms with Gasteiger partial charge in [-0.25, -0.2) is 9.67 Å². The van der Waals surface area contributed by atoms with Crippen LogP contribution in [0, 0.1) is 6.92 Å². The van der Waals surface area contributed by atoms with Crippen molar-refractivity contribution >= 4 is 17.2 Å². The van der Waals surface area contributed by atoms with Crippen molar-refractivity contribution in [1.29, 1.82) is 0 Å². The Hall–Kier alpha value is -1.75. The molecule has 4 nitrogen and oxygen atoms in total. The Morgan fingerprint density at radius 3 is 2.84 bits per heavy atom. The highest BCUT2D eigenvalue weighted by atomic mass is 32.1. The van der Waals surface area contributed by atoms with E-state index >= 15 is 0 Å². The SMILES string of the molecule is Cc1cnn(-c2nc3c(cc2C(N)=S)CCCC3)c1. The molecule has 5 heteroatoms. The number of rotatable bonds is 2. The molecular formula is C14H16N4S. The molecule has 98 valence electrons. The first-order valence-corrected chi connectivity index (χ1v) is 6.90. The predicted octanol–water partition coefficient (Wildman–Crippen LogP) is 2.09. The van der Waals surface area contributed by atoms with E-state index < -0.39 is 0 Å². The van der Waals surface area contributed by atoms with Crippen LogP contribution < -0.4 is 5.73 Å². The number of aromatic nitrogens is 3. The lowest BCUT2D eigenvalue weighted by molar-refractivity contribution is 0.661. The molecule has 0 aliphatic heterocycles. The molecule has 0 amide bonds. The summed E-state index contributed by atoms with van der Waals surface area (Å²) in [7, 11) is 0. The van der Waals surface area contributed by atoms with Gasteiger partial charge < -0.3 is 5.73 Å². The number of aryl methyl sites for hydroxylation is 3. The van der Waals surface area contributed by atoms with Crippen LogP contribution in [0.3, 0.4) is 0 Å². The van der Waals surface area contributed by atoms with Gasteiger partial charge in [0.25, 0.3) is 0 Å². The number of nitrogens with zero attached hydrogens (tertiary/aromatic N) is 3. The van der Waals surface area contributed by atoms with Crippen molar-refractivity contribution in [3.8, 4) is 5.82 Å². The highest BCUT2D eigenvalue weighted by molar-refractivity contribution is 7.80. The maximum absolute atomic E-state index is 5.84. The lowest BCUT2D eigenvalue weighted by Gasteiger charge is -2.18. The number of hydrogen-bond donors (Lipinski definition) is 1. The van der Waals surface area contributed by atoms with Gasteiger partial charge in [-0.15, -0.1) is 0 Å². The Labute approximate surface area is 117 Å². The molecular weight excluding hydrogens is 256 g/mol. The lowest BCUT2D eigenvalue weighted by atomic mass is 9.94. The number of thiocarbonyl (C=S) groups is 1. The first-order chi connectivity index (χ1) is 9.15. The molecule has 2 aromatic rings. The van der Waals surface area contributed by atoms with Gasteiger partial charge >= 0.3 is 0 Å².